The number of nitrogens with one attached hydrogen (secondary N) is 2. The second kappa shape index (κ2) is 4.74. The smallest absolute Gasteiger partial charge is 0.337 e. The van der Waals surface area contributed by atoms with Crippen molar-refractivity contribution in [3.8, 4) is 0 Å². The molecule has 0 fully saturated rings. The lowest BCUT2D eigenvalue weighted by molar-refractivity contribution is -0.116. The highest BCUT2D eigenvalue weighted by molar-refractivity contribution is 6.24. The van der Waals surface area contributed by atoms with E-state index in [0.29, 0.717) is 12.3 Å². The zero-order chi connectivity index (χ0) is 13.1. The van der Waals surface area contributed by atoms with Gasteiger partial charge in [0.05, 0.1) is 12.2 Å². The summed E-state index contributed by atoms with van der Waals surface area (Å²) < 4.78 is 5.18. The van der Waals surface area contributed by atoms with Crippen molar-refractivity contribution in [2.45, 2.75) is 6.92 Å². The van der Waals surface area contributed by atoms with E-state index in [2.05, 4.69) is 15.5 Å². The van der Waals surface area contributed by atoms with E-state index in [1.807, 2.05) is 0 Å². The van der Waals surface area contributed by atoms with Crippen molar-refractivity contribution in [2.75, 3.05) is 6.61 Å². The summed E-state index contributed by atoms with van der Waals surface area (Å²) in [6, 6.07) is 1.42. The van der Waals surface area contributed by atoms with Crippen molar-refractivity contribution in [1.29, 1.82) is 0 Å². The molecule has 3 N–H and O–H groups in total. The third-order valence-corrected chi connectivity index (χ3v) is 2.27. The number of aromatic carboxylic acids is 1. The summed E-state index contributed by atoms with van der Waals surface area (Å²) in [5.74, 6) is -1.22. The molecule has 0 saturated carbocycles. The first-order valence-electron chi connectivity index (χ1n) is 5.26. The van der Waals surface area contributed by atoms with E-state index in [0.717, 1.165) is 0 Å². The summed E-state index contributed by atoms with van der Waals surface area (Å²) in [6.07, 6.45) is 2.84. The van der Waals surface area contributed by atoms with Crippen LogP contribution in [-0.4, -0.2) is 34.5 Å². The summed E-state index contributed by atoms with van der Waals surface area (Å²) in [4.78, 5) is 25.0. The van der Waals surface area contributed by atoms with Crippen molar-refractivity contribution in [2.24, 2.45) is 5.10 Å². The maximum atomic E-state index is 11.5. The number of amides is 1. The Morgan fingerprint density at radius 2 is 2.39 bits per heavy atom. The molecular formula is C11H11N3O4. The van der Waals surface area contributed by atoms with E-state index < -0.39 is 5.97 Å². The van der Waals surface area contributed by atoms with Gasteiger partial charge in [-0.1, -0.05) is 0 Å². The molecule has 1 aromatic heterocycles. The largest absolute Gasteiger partial charge is 0.478 e. The third kappa shape index (κ3) is 2.24. The molecule has 0 spiro atoms. The zero-order valence-corrected chi connectivity index (χ0v) is 9.56. The molecule has 0 radical (unpaired) electrons. The summed E-state index contributed by atoms with van der Waals surface area (Å²) in [7, 11) is 0. The third-order valence-electron chi connectivity index (χ3n) is 2.27. The van der Waals surface area contributed by atoms with Crippen LogP contribution in [0, 0.1) is 0 Å². The van der Waals surface area contributed by atoms with Crippen LogP contribution in [0.4, 0.5) is 0 Å². The van der Waals surface area contributed by atoms with E-state index in [1.165, 1.54) is 18.3 Å². The number of aromatic amines is 1. The maximum Gasteiger partial charge on any atom is 0.337 e. The van der Waals surface area contributed by atoms with Crippen molar-refractivity contribution in [3.63, 3.8) is 0 Å². The topological polar surface area (TPSA) is 104 Å². The average Bonchev–Trinajstić information content (AvgIpc) is 2.91. The minimum atomic E-state index is -1.04. The van der Waals surface area contributed by atoms with Gasteiger partial charge in [0, 0.05) is 11.9 Å². The van der Waals surface area contributed by atoms with E-state index in [4.69, 9.17) is 9.84 Å². The van der Waals surface area contributed by atoms with E-state index in [1.54, 1.807) is 6.92 Å². The molecule has 0 unspecified atom stereocenters. The van der Waals surface area contributed by atoms with Gasteiger partial charge in [-0.15, -0.1) is 5.10 Å². The van der Waals surface area contributed by atoms with Crippen LogP contribution in [0.25, 0.3) is 6.08 Å². The summed E-state index contributed by atoms with van der Waals surface area (Å²) in [6.45, 7) is 2.16. The number of carboxylic acids is 1. The lowest BCUT2D eigenvalue weighted by Gasteiger charge is -2.00. The molecule has 0 saturated heterocycles. The molecule has 94 valence electrons. The SMILES string of the molecule is CCOC1=NNC(=O)C1=Cc1cc(C(=O)O)c[nH]1. The molecule has 0 aliphatic carbocycles. The van der Waals surface area contributed by atoms with E-state index in [9.17, 15) is 9.59 Å². The molecule has 1 aliphatic heterocycles. The normalized spacial score (nSPS) is 16.6. The summed E-state index contributed by atoms with van der Waals surface area (Å²) in [5.41, 5.74) is 3.15. The van der Waals surface area contributed by atoms with Crippen LogP contribution < -0.4 is 5.43 Å². The van der Waals surface area contributed by atoms with Crippen LogP contribution in [0.3, 0.4) is 0 Å². The number of aromatic nitrogens is 1. The lowest BCUT2D eigenvalue weighted by Crippen LogP contribution is -2.14. The quantitative estimate of drug-likeness (QED) is 0.681. The molecule has 7 heteroatoms. The standard InChI is InChI=1S/C11H11N3O4/c1-2-18-10-8(9(15)13-14-10)4-7-3-6(5-12-7)11(16)17/h3-5,12H,2H2,1H3,(H,13,15)(H,16,17). The van der Waals surface area contributed by atoms with Crippen molar-refractivity contribution in [3.05, 3.63) is 29.1 Å². The monoisotopic (exact) mass is 249 g/mol. The fraction of sp³-hybridized carbons (Fsp3) is 0.182. The van der Waals surface area contributed by atoms with Crippen LogP contribution in [0.15, 0.2) is 22.9 Å². The van der Waals surface area contributed by atoms with Crippen molar-refractivity contribution in [1.82, 2.24) is 10.4 Å². The van der Waals surface area contributed by atoms with Crippen LogP contribution in [0.1, 0.15) is 23.0 Å². The maximum absolute atomic E-state index is 11.5. The highest BCUT2D eigenvalue weighted by Crippen LogP contribution is 2.13. The molecule has 0 bridgehead atoms. The average molecular weight is 249 g/mol. The van der Waals surface area contributed by atoms with Gasteiger partial charge < -0.3 is 14.8 Å². The van der Waals surface area contributed by atoms with E-state index >= 15 is 0 Å². The van der Waals surface area contributed by atoms with Crippen LogP contribution in [-0.2, 0) is 9.53 Å². The lowest BCUT2D eigenvalue weighted by atomic mass is 10.2. The Kier molecular flexibility index (Phi) is 3.13. The number of hydrogen-bond acceptors (Lipinski definition) is 4. The Bertz CT molecular complexity index is 556. The molecule has 7 nitrogen and oxygen atoms in total. The van der Waals surface area contributed by atoms with Crippen LogP contribution in [0.5, 0.6) is 0 Å². The number of hydrogen-bond donors (Lipinski definition) is 3. The van der Waals surface area contributed by atoms with Gasteiger partial charge in [0.1, 0.15) is 5.57 Å². The number of carboxylic acid groups (broad SMARTS) is 1. The number of carbonyl (C=O) groups excluding carboxylic acids is 1. The second-order valence-corrected chi connectivity index (χ2v) is 3.50. The second-order valence-electron chi connectivity index (χ2n) is 3.50. The van der Waals surface area contributed by atoms with Crippen LogP contribution in [0.2, 0.25) is 0 Å². The predicted molar refractivity (Wildman–Crippen MR) is 62.9 cm³/mol. The first-order valence-corrected chi connectivity index (χ1v) is 5.26. The fourth-order valence-corrected chi connectivity index (χ4v) is 1.47. The molecule has 1 aromatic rings. The number of ether oxygens (including phenoxy) is 1. The molecule has 2 rings (SSSR count). The molecule has 1 aliphatic rings. The Morgan fingerprint density at radius 1 is 1.61 bits per heavy atom. The Labute approximate surface area is 102 Å². The summed E-state index contributed by atoms with van der Waals surface area (Å²) >= 11 is 0. The predicted octanol–water partition coefficient (Wildman–Crippen LogP) is 0.576. The van der Waals surface area contributed by atoms with Gasteiger partial charge in [-0.2, -0.15) is 0 Å². The Morgan fingerprint density at radius 3 is 3.00 bits per heavy atom. The van der Waals surface area contributed by atoms with Gasteiger partial charge >= 0.3 is 5.97 Å². The molecular weight excluding hydrogens is 238 g/mol. The number of H-pyrrole nitrogens is 1. The van der Waals surface area contributed by atoms with Gasteiger partial charge in [0.25, 0.3) is 5.91 Å². The van der Waals surface area contributed by atoms with Crippen LogP contribution >= 0.6 is 0 Å². The van der Waals surface area contributed by atoms with Gasteiger partial charge in [-0.05, 0) is 19.1 Å². The van der Waals surface area contributed by atoms with Gasteiger partial charge in [0.2, 0.25) is 5.90 Å². The molecule has 0 atom stereocenters. The van der Waals surface area contributed by atoms with Gasteiger partial charge in [-0.3, -0.25) is 4.79 Å². The minimum Gasteiger partial charge on any atom is -0.478 e. The Hall–Kier alpha value is -2.57. The minimum absolute atomic E-state index is 0.121. The number of nitrogens with zero attached hydrogens (tertiary/aromatic N) is 1. The highest BCUT2D eigenvalue weighted by atomic mass is 16.5. The molecule has 2 heterocycles. The van der Waals surface area contributed by atoms with Gasteiger partial charge in [-0.25, -0.2) is 10.2 Å². The number of rotatable bonds is 3. The molecule has 1 amide bonds. The molecule has 18 heavy (non-hydrogen) atoms. The first kappa shape index (κ1) is 11.9. The first-order chi connectivity index (χ1) is 8.61. The number of hydrazone groups is 1. The summed E-state index contributed by atoms with van der Waals surface area (Å²) in [5, 5.41) is 12.5. The fourth-order valence-electron chi connectivity index (χ4n) is 1.47. The van der Waals surface area contributed by atoms with E-state index in [-0.39, 0.29) is 22.9 Å². The van der Waals surface area contributed by atoms with Crippen molar-refractivity contribution >= 4 is 23.9 Å². The highest BCUT2D eigenvalue weighted by Gasteiger charge is 2.24. The number of carbonyl (C=O) groups is 2. The Balaban J connectivity index is 2.27. The molecule has 0 aromatic carbocycles. The van der Waals surface area contributed by atoms with Gasteiger partial charge in [0.15, 0.2) is 0 Å². The zero-order valence-electron chi connectivity index (χ0n) is 9.56. The van der Waals surface area contributed by atoms with Crippen molar-refractivity contribution < 1.29 is 19.4 Å².